The third kappa shape index (κ3) is 1.60. The predicted octanol–water partition coefficient (Wildman–Crippen LogP) is 0.952. The van der Waals surface area contributed by atoms with Crippen LogP contribution in [0.2, 0.25) is 0 Å². The number of hydrogen-bond acceptors (Lipinski definition) is 5. The summed E-state index contributed by atoms with van der Waals surface area (Å²) in [4.78, 5) is 27.9. The van der Waals surface area contributed by atoms with E-state index in [0.717, 1.165) is 36.9 Å². The first kappa shape index (κ1) is 17.9. The second-order valence-corrected chi connectivity index (χ2v) is 9.81. The molecule has 2 heterocycles. The van der Waals surface area contributed by atoms with Gasteiger partial charge in [-0.15, -0.1) is 0 Å². The van der Waals surface area contributed by atoms with Crippen LogP contribution in [0, 0.1) is 11.3 Å². The van der Waals surface area contributed by atoms with Gasteiger partial charge in [-0.05, 0) is 38.3 Å². The molecule has 0 amide bonds. The summed E-state index contributed by atoms with van der Waals surface area (Å²) < 4.78 is 18.6. The molecule has 4 aliphatic carbocycles. The van der Waals surface area contributed by atoms with Gasteiger partial charge in [-0.3, -0.25) is 9.59 Å². The number of likely N-dealkylation sites (tertiary alicyclic amines) is 1. The Bertz CT molecular complexity index is 974. The Hall–Kier alpha value is -1.92. The van der Waals surface area contributed by atoms with E-state index in [2.05, 4.69) is 7.05 Å². The molecule has 4 fully saturated rings. The maximum atomic E-state index is 13.8. The fourth-order valence-corrected chi connectivity index (χ4v) is 8.32. The zero-order valence-electron chi connectivity index (χ0n) is 17.5. The molecule has 2 aliphatic heterocycles. The number of carbonyl (C=O) groups is 2. The Morgan fingerprint density at radius 3 is 2.72 bits per heavy atom. The molecule has 29 heavy (non-hydrogen) atoms. The van der Waals surface area contributed by atoms with Crippen molar-refractivity contribution in [1.82, 2.24) is 0 Å². The minimum Gasteiger partial charge on any atom is -0.493 e. The van der Waals surface area contributed by atoms with Crippen LogP contribution >= 0.6 is 0 Å². The SMILES string of the molecule is COc1ccc2c3c1O[C@@H]1[C@]4(OC)CCC5(C[C@H]4C(C)=O)[C@@H](C2=O)[NH+](C)CC[C@]315. The first-order valence-corrected chi connectivity index (χ1v) is 10.7. The topological polar surface area (TPSA) is 66.3 Å². The molecule has 1 aromatic rings. The summed E-state index contributed by atoms with van der Waals surface area (Å²) in [6.07, 6.45) is 3.04. The van der Waals surface area contributed by atoms with Crippen LogP contribution in [0.25, 0.3) is 0 Å². The molecule has 154 valence electrons. The van der Waals surface area contributed by atoms with Crippen molar-refractivity contribution in [3.05, 3.63) is 23.3 Å². The van der Waals surface area contributed by atoms with E-state index in [-0.39, 0.29) is 40.5 Å². The monoisotopic (exact) mass is 398 g/mol. The Kier molecular flexibility index (Phi) is 3.22. The molecule has 3 saturated carbocycles. The fourth-order valence-electron chi connectivity index (χ4n) is 8.32. The van der Waals surface area contributed by atoms with Gasteiger partial charge in [0.2, 0.25) is 5.78 Å². The largest absolute Gasteiger partial charge is 0.493 e. The molecular weight excluding hydrogens is 370 g/mol. The Balaban J connectivity index is 1.73. The van der Waals surface area contributed by atoms with Gasteiger partial charge >= 0.3 is 0 Å². The number of nitrogens with one attached hydrogen (secondary N) is 1. The molecule has 0 radical (unpaired) electrons. The van der Waals surface area contributed by atoms with Crippen LogP contribution in [-0.4, -0.2) is 57.1 Å². The number of hydrogen-bond donors (Lipinski definition) is 1. The lowest BCUT2D eigenvalue weighted by atomic mass is 9.34. The van der Waals surface area contributed by atoms with Gasteiger partial charge in [0, 0.05) is 30.1 Å². The highest BCUT2D eigenvalue weighted by Crippen LogP contribution is 2.75. The summed E-state index contributed by atoms with van der Waals surface area (Å²) in [7, 11) is 5.50. The first-order chi connectivity index (χ1) is 13.9. The van der Waals surface area contributed by atoms with E-state index in [1.165, 1.54) is 4.90 Å². The third-order valence-electron chi connectivity index (χ3n) is 9.28. The molecule has 1 aromatic carbocycles. The number of carbonyl (C=O) groups excluding carboxylic acids is 2. The molecule has 1 N–H and O–H groups in total. The van der Waals surface area contributed by atoms with Crippen LogP contribution in [0.4, 0.5) is 0 Å². The van der Waals surface area contributed by atoms with Crippen LogP contribution in [0.5, 0.6) is 11.5 Å². The smallest absolute Gasteiger partial charge is 0.220 e. The molecule has 7 atom stereocenters. The maximum Gasteiger partial charge on any atom is 0.220 e. The molecule has 6 nitrogen and oxygen atoms in total. The van der Waals surface area contributed by atoms with Gasteiger partial charge in [-0.25, -0.2) is 0 Å². The molecular formula is C23H28NO5+. The van der Waals surface area contributed by atoms with Crippen molar-refractivity contribution in [3.63, 3.8) is 0 Å². The quantitative estimate of drug-likeness (QED) is 0.821. The van der Waals surface area contributed by atoms with Gasteiger partial charge in [0.1, 0.15) is 17.5 Å². The molecule has 7 rings (SSSR count). The Labute approximate surface area is 170 Å². The van der Waals surface area contributed by atoms with Crippen LogP contribution in [-0.2, 0) is 14.9 Å². The number of ketones is 2. The van der Waals surface area contributed by atoms with Gasteiger partial charge in [-0.2, -0.15) is 0 Å². The molecule has 0 aromatic heterocycles. The van der Waals surface area contributed by atoms with Crippen LogP contribution in [0.3, 0.4) is 0 Å². The number of ether oxygens (including phenoxy) is 3. The summed E-state index contributed by atoms with van der Waals surface area (Å²) in [5.74, 6) is 1.47. The zero-order valence-corrected chi connectivity index (χ0v) is 17.5. The van der Waals surface area contributed by atoms with Gasteiger partial charge in [-0.1, -0.05) is 0 Å². The third-order valence-corrected chi connectivity index (χ3v) is 9.28. The normalized spacial score (nSPS) is 45.6. The number of benzene rings is 1. The fraction of sp³-hybridized carbons (Fsp3) is 0.652. The predicted molar refractivity (Wildman–Crippen MR) is 104 cm³/mol. The highest BCUT2D eigenvalue weighted by Gasteiger charge is 2.83. The van der Waals surface area contributed by atoms with Crippen LogP contribution in [0.15, 0.2) is 12.1 Å². The van der Waals surface area contributed by atoms with Gasteiger partial charge in [0.15, 0.2) is 17.5 Å². The van der Waals surface area contributed by atoms with Crippen LogP contribution in [0.1, 0.15) is 48.5 Å². The van der Waals surface area contributed by atoms with E-state index in [1.807, 2.05) is 12.1 Å². The molecule has 1 saturated heterocycles. The standard InChI is InChI=1S/C23H27NO5/c1-12(25)14-11-21-7-8-23(14,28-4)20-22(21)9-10-24(2)19(21)17(26)13-5-6-15(27-3)18(29-20)16(13)22/h5-6,14,19-20H,7-11H2,1-4H3/p+1/t14-,19+,20-,21?,22-,23-/m0/s1. The van der Waals surface area contributed by atoms with Crippen LogP contribution < -0.4 is 14.4 Å². The maximum absolute atomic E-state index is 13.8. The minimum absolute atomic E-state index is 0.133. The lowest BCUT2D eigenvalue weighted by Crippen LogP contribution is -3.19. The van der Waals surface area contributed by atoms with Gasteiger partial charge in [0.25, 0.3) is 0 Å². The first-order valence-electron chi connectivity index (χ1n) is 10.7. The molecule has 6 heteroatoms. The van der Waals surface area contributed by atoms with Crippen molar-refractivity contribution >= 4 is 11.6 Å². The van der Waals surface area contributed by atoms with E-state index in [0.29, 0.717) is 17.9 Å². The molecule has 2 unspecified atom stereocenters. The number of piperidine rings is 1. The minimum atomic E-state index is -0.648. The van der Waals surface area contributed by atoms with Crippen molar-refractivity contribution in [1.29, 1.82) is 0 Å². The summed E-state index contributed by atoms with van der Waals surface area (Å²) in [6, 6.07) is 3.65. The Morgan fingerprint density at radius 2 is 2.03 bits per heavy atom. The van der Waals surface area contributed by atoms with Crippen molar-refractivity contribution in [3.8, 4) is 11.5 Å². The zero-order chi connectivity index (χ0) is 20.3. The number of likely N-dealkylation sites (N-methyl/N-ethyl adjacent to an activating group) is 1. The second kappa shape index (κ2) is 5.22. The van der Waals surface area contributed by atoms with Crippen molar-refractivity contribution in [2.75, 3.05) is 27.8 Å². The van der Waals surface area contributed by atoms with E-state index < -0.39 is 5.60 Å². The number of methoxy groups -OCH3 is 2. The lowest BCUT2D eigenvalue weighted by molar-refractivity contribution is -0.914. The van der Waals surface area contributed by atoms with Crippen molar-refractivity contribution in [2.45, 2.75) is 55.8 Å². The molecule has 4 bridgehead atoms. The summed E-state index contributed by atoms with van der Waals surface area (Å²) >= 11 is 0. The van der Waals surface area contributed by atoms with Crippen molar-refractivity contribution < 1.29 is 28.7 Å². The van der Waals surface area contributed by atoms with E-state index in [9.17, 15) is 9.59 Å². The number of fused-ring (bicyclic) bond motifs is 2. The Morgan fingerprint density at radius 1 is 1.24 bits per heavy atom. The van der Waals surface area contributed by atoms with Crippen molar-refractivity contribution in [2.24, 2.45) is 11.3 Å². The summed E-state index contributed by atoms with van der Waals surface area (Å²) in [6.45, 7) is 2.58. The average molecular weight is 398 g/mol. The van der Waals surface area contributed by atoms with E-state index >= 15 is 0 Å². The highest BCUT2D eigenvalue weighted by atomic mass is 16.6. The van der Waals surface area contributed by atoms with Gasteiger partial charge < -0.3 is 19.1 Å². The second-order valence-electron chi connectivity index (χ2n) is 9.81. The molecule has 2 spiro atoms. The summed E-state index contributed by atoms with van der Waals surface area (Å²) in [5.41, 5.74) is 0.628. The number of quaternary nitrogens is 1. The summed E-state index contributed by atoms with van der Waals surface area (Å²) in [5, 5.41) is 0. The molecule has 6 aliphatic rings. The van der Waals surface area contributed by atoms with E-state index in [1.54, 1.807) is 21.1 Å². The number of Topliss-reactive ketones (excluding diaryl/α,β-unsaturated/α-hetero) is 2. The van der Waals surface area contributed by atoms with E-state index in [4.69, 9.17) is 14.2 Å². The van der Waals surface area contributed by atoms with Gasteiger partial charge in [0.05, 0.1) is 32.0 Å². The average Bonchev–Trinajstić information content (AvgIpc) is 3.09. The lowest BCUT2D eigenvalue weighted by Gasteiger charge is -2.71. The number of rotatable bonds is 3. The highest BCUT2D eigenvalue weighted by molar-refractivity contribution is 6.05.